The lowest BCUT2D eigenvalue weighted by atomic mass is 9.91. The highest BCUT2D eigenvalue weighted by molar-refractivity contribution is 6.32. The van der Waals surface area contributed by atoms with Gasteiger partial charge < -0.3 is 14.8 Å². The van der Waals surface area contributed by atoms with Crippen molar-refractivity contribution in [1.29, 1.82) is 0 Å². The molecule has 0 atom stereocenters. The van der Waals surface area contributed by atoms with Gasteiger partial charge in [-0.1, -0.05) is 11.6 Å². The van der Waals surface area contributed by atoms with Gasteiger partial charge in [-0.15, -0.1) is 0 Å². The van der Waals surface area contributed by atoms with Gasteiger partial charge in [0.1, 0.15) is 11.6 Å². The Morgan fingerprint density at radius 1 is 1.20 bits per heavy atom. The van der Waals surface area contributed by atoms with Gasteiger partial charge in [0.2, 0.25) is 0 Å². The first kappa shape index (κ1) is 19.2. The Morgan fingerprint density at radius 3 is 2.44 bits per heavy atom. The number of amides is 1. The molecule has 1 aromatic carbocycles. The van der Waals surface area contributed by atoms with E-state index in [1.165, 1.54) is 13.2 Å². The molecule has 0 fully saturated rings. The van der Waals surface area contributed by atoms with Gasteiger partial charge in [-0.05, 0) is 45.6 Å². The minimum atomic E-state index is -0.675. The number of benzene rings is 1. The number of ether oxygens (including phenoxy) is 2. The molecule has 5 nitrogen and oxygen atoms in total. The second-order valence-electron chi connectivity index (χ2n) is 6.04. The molecule has 1 amide bonds. The van der Waals surface area contributed by atoms with E-state index in [0.717, 1.165) is 18.9 Å². The van der Waals surface area contributed by atoms with Crippen molar-refractivity contribution in [1.82, 2.24) is 0 Å². The van der Waals surface area contributed by atoms with Crippen molar-refractivity contribution >= 4 is 29.2 Å². The van der Waals surface area contributed by atoms with Crippen LogP contribution < -0.4 is 10.1 Å². The summed E-state index contributed by atoms with van der Waals surface area (Å²) in [5.41, 5.74) is 0.630. The van der Waals surface area contributed by atoms with Crippen LogP contribution in [0.15, 0.2) is 23.3 Å². The van der Waals surface area contributed by atoms with Gasteiger partial charge in [-0.3, -0.25) is 4.79 Å². The van der Waals surface area contributed by atoms with Crippen molar-refractivity contribution in [2.75, 3.05) is 12.4 Å². The van der Waals surface area contributed by atoms with Crippen LogP contribution in [0.3, 0.4) is 0 Å². The average molecular weight is 370 g/mol. The van der Waals surface area contributed by atoms with Gasteiger partial charge in [0.05, 0.1) is 23.9 Å². The van der Waals surface area contributed by atoms with Crippen molar-refractivity contribution in [3.63, 3.8) is 0 Å². The van der Waals surface area contributed by atoms with Gasteiger partial charge >= 0.3 is 5.97 Å². The first-order valence-corrected chi connectivity index (χ1v) is 8.48. The van der Waals surface area contributed by atoms with Crippen LogP contribution in [0, 0.1) is 5.82 Å². The molecule has 0 aliphatic heterocycles. The normalized spacial score (nSPS) is 14.5. The van der Waals surface area contributed by atoms with Crippen molar-refractivity contribution in [3.05, 3.63) is 34.1 Å². The summed E-state index contributed by atoms with van der Waals surface area (Å²) in [7, 11) is 1.27. The summed E-state index contributed by atoms with van der Waals surface area (Å²) in [4.78, 5) is 24.4. The van der Waals surface area contributed by atoms with Crippen LogP contribution in [0.25, 0.3) is 0 Å². The second-order valence-corrected chi connectivity index (χ2v) is 6.45. The van der Waals surface area contributed by atoms with Crippen LogP contribution in [0.1, 0.15) is 39.5 Å². The molecular weight excluding hydrogens is 349 g/mol. The predicted octanol–water partition coefficient (Wildman–Crippen LogP) is 4.25. The molecule has 1 N–H and O–H groups in total. The van der Waals surface area contributed by atoms with Gasteiger partial charge in [-0.25, -0.2) is 9.18 Å². The predicted molar refractivity (Wildman–Crippen MR) is 93.3 cm³/mol. The summed E-state index contributed by atoms with van der Waals surface area (Å²) in [5.74, 6) is -1.44. The first-order chi connectivity index (χ1) is 11.8. The molecule has 1 aliphatic carbocycles. The van der Waals surface area contributed by atoms with E-state index < -0.39 is 17.7 Å². The Bertz CT molecular complexity index is 715. The highest BCUT2D eigenvalue weighted by Crippen LogP contribution is 2.32. The molecule has 0 unspecified atom stereocenters. The Balaban J connectivity index is 2.30. The Kier molecular flexibility index (Phi) is 6.42. The average Bonchev–Trinajstić information content (AvgIpc) is 2.58. The Labute approximate surface area is 151 Å². The number of nitrogens with one attached hydrogen (secondary N) is 1. The molecule has 0 spiro atoms. The summed E-state index contributed by atoms with van der Waals surface area (Å²) in [6.45, 7) is 3.63. The first-order valence-electron chi connectivity index (χ1n) is 8.10. The van der Waals surface area contributed by atoms with Crippen LogP contribution in [0.4, 0.5) is 10.1 Å². The number of esters is 1. The molecule has 0 heterocycles. The Morgan fingerprint density at radius 2 is 1.84 bits per heavy atom. The summed E-state index contributed by atoms with van der Waals surface area (Å²) in [6, 6.07) is 2.43. The SMILES string of the molecule is COC(=O)C1=C(C(=O)Nc2cc(OC(C)C)c(Cl)cc2F)CCCC1. The van der Waals surface area contributed by atoms with E-state index in [4.69, 9.17) is 21.1 Å². The number of hydrogen-bond acceptors (Lipinski definition) is 4. The molecule has 1 aromatic rings. The zero-order valence-corrected chi connectivity index (χ0v) is 15.2. The van der Waals surface area contributed by atoms with E-state index in [0.29, 0.717) is 24.0 Å². The number of halogens is 2. The third-order valence-electron chi connectivity index (χ3n) is 3.81. The summed E-state index contributed by atoms with van der Waals surface area (Å²) >= 11 is 5.97. The molecule has 0 aromatic heterocycles. The van der Waals surface area contributed by atoms with Crippen molar-refractivity contribution in [2.45, 2.75) is 45.6 Å². The number of hydrogen-bond donors (Lipinski definition) is 1. The van der Waals surface area contributed by atoms with Crippen molar-refractivity contribution in [3.8, 4) is 5.75 Å². The number of methoxy groups -OCH3 is 1. The molecule has 136 valence electrons. The lowest BCUT2D eigenvalue weighted by molar-refractivity contribution is -0.136. The fourth-order valence-electron chi connectivity index (χ4n) is 2.67. The zero-order chi connectivity index (χ0) is 18.6. The molecule has 2 rings (SSSR count). The lowest BCUT2D eigenvalue weighted by Gasteiger charge is -2.19. The maximum absolute atomic E-state index is 14.2. The quantitative estimate of drug-likeness (QED) is 0.788. The van der Waals surface area contributed by atoms with E-state index in [1.54, 1.807) is 0 Å². The van der Waals surface area contributed by atoms with Gasteiger partial charge in [0, 0.05) is 17.2 Å². The Hall–Kier alpha value is -2.08. The molecule has 7 heteroatoms. The molecular formula is C18H21ClFNO4. The molecule has 0 radical (unpaired) electrons. The van der Waals surface area contributed by atoms with Crippen LogP contribution in [0.5, 0.6) is 5.75 Å². The summed E-state index contributed by atoms with van der Waals surface area (Å²) in [5, 5.41) is 2.63. The second kappa shape index (κ2) is 8.34. The third-order valence-corrected chi connectivity index (χ3v) is 4.10. The van der Waals surface area contributed by atoms with Crippen molar-refractivity contribution in [2.24, 2.45) is 0 Å². The van der Waals surface area contributed by atoms with E-state index in [-0.39, 0.29) is 22.6 Å². The number of rotatable bonds is 5. The monoisotopic (exact) mass is 369 g/mol. The van der Waals surface area contributed by atoms with Crippen molar-refractivity contribution < 1.29 is 23.5 Å². The van der Waals surface area contributed by atoms with Gasteiger partial charge in [0.15, 0.2) is 0 Å². The topological polar surface area (TPSA) is 64.6 Å². The van der Waals surface area contributed by atoms with E-state index in [9.17, 15) is 14.0 Å². The summed E-state index contributed by atoms with van der Waals surface area (Å²) < 4.78 is 24.4. The standard InChI is InChI=1S/C18H21ClFNO4/c1-10(2)25-16-9-15(14(20)8-13(16)19)21-17(22)11-6-4-5-7-12(11)18(23)24-3/h8-10H,4-7H2,1-3H3,(H,21,22). The smallest absolute Gasteiger partial charge is 0.334 e. The molecule has 0 bridgehead atoms. The van der Waals surface area contributed by atoms with Gasteiger partial charge in [0.25, 0.3) is 5.91 Å². The van der Waals surface area contributed by atoms with Crippen LogP contribution in [-0.2, 0) is 14.3 Å². The van der Waals surface area contributed by atoms with Crippen LogP contribution in [0.2, 0.25) is 5.02 Å². The zero-order valence-electron chi connectivity index (χ0n) is 14.4. The van der Waals surface area contributed by atoms with E-state index in [1.807, 2.05) is 13.8 Å². The minimum Gasteiger partial charge on any atom is -0.489 e. The molecule has 0 saturated heterocycles. The summed E-state index contributed by atoms with van der Waals surface area (Å²) in [6.07, 6.45) is 2.36. The van der Waals surface area contributed by atoms with Gasteiger partial charge in [-0.2, -0.15) is 0 Å². The van der Waals surface area contributed by atoms with Crippen LogP contribution in [-0.4, -0.2) is 25.1 Å². The largest absolute Gasteiger partial charge is 0.489 e. The number of carbonyl (C=O) groups is 2. The fourth-order valence-corrected chi connectivity index (χ4v) is 2.87. The van der Waals surface area contributed by atoms with Crippen LogP contribution >= 0.6 is 11.6 Å². The van der Waals surface area contributed by atoms with E-state index in [2.05, 4.69) is 5.32 Å². The number of carbonyl (C=O) groups excluding carboxylic acids is 2. The minimum absolute atomic E-state index is 0.0488. The lowest BCUT2D eigenvalue weighted by Crippen LogP contribution is -2.22. The fraction of sp³-hybridized carbons (Fsp3) is 0.444. The number of anilines is 1. The molecule has 25 heavy (non-hydrogen) atoms. The van der Waals surface area contributed by atoms with E-state index >= 15 is 0 Å². The maximum atomic E-state index is 14.2. The third kappa shape index (κ3) is 4.72. The molecule has 1 aliphatic rings. The highest BCUT2D eigenvalue weighted by atomic mass is 35.5. The molecule has 0 saturated carbocycles. The highest BCUT2D eigenvalue weighted by Gasteiger charge is 2.25. The maximum Gasteiger partial charge on any atom is 0.334 e.